The molecule has 138 valence electrons. The van der Waals surface area contributed by atoms with Crippen molar-refractivity contribution in [2.75, 3.05) is 32.1 Å². The Hall–Kier alpha value is -2.97. The quantitative estimate of drug-likeness (QED) is 0.458. The van der Waals surface area contributed by atoms with Crippen LogP contribution in [0.4, 0.5) is 16.2 Å². The van der Waals surface area contributed by atoms with Crippen LogP contribution in [-0.2, 0) is 16.0 Å². The van der Waals surface area contributed by atoms with E-state index in [2.05, 4.69) is 0 Å². The van der Waals surface area contributed by atoms with E-state index in [1.54, 1.807) is 18.0 Å². The molecule has 1 spiro atoms. The van der Waals surface area contributed by atoms with Crippen LogP contribution in [0.25, 0.3) is 0 Å². The zero-order valence-electron chi connectivity index (χ0n) is 14.9. The molecule has 0 aromatic heterocycles. The van der Waals surface area contributed by atoms with Crippen LogP contribution in [0, 0.1) is 15.5 Å². The third-order valence-corrected chi connectivity index (χ3v) is 5.02. The first-order valence-corrected chi connectivity index (χ1v) is 8.35. The largest absolute Gasteiger partial charge is 0.373 e. The summed E-state index contributed by atoms with van der Waals surface area (Å²) in [6, 6.07) is 3.79. The van der Waals surface area contributed by atoms with Crippen molar-refractivity contribution in [2.45, 2.75) is 19.8 Å². The molecule has 0 radical (unpaired) electrons. The second kappa shape index (κ2) is 6.08. The van der Waals surface area contributed by atoms with E-state index in [1.165, 1.54) is 19.2 Å². The van der Waals surface area contributed by atoms with Crippen molar-refractivity contribution in [1.29, 1.82) is 0 Å². The van der Waals surface area contributed by atoms with Gasteiger partial charge in [0.25, 0.3) is 5.69 Å². The summed E-state index contributed by atoms with van der Waals surface area (Å²) >= 11 is 0. The maximum Gasteiger partial charge on any atom is 0.333 e. The minimum Gasteiger partial charge on any atom is -0.373 e. The number of nitro groups is 1. The number of nitrogens with zero attached hydrogens (tertiary/aromatic N) is 4. The molecule has 1 atom stereocenters. The molecule has 0 unspecified atom stereocenters. The number of amides is 4. The minimum absolute atomic E-state index is 0.0316. The lowest BCUT2D eigenvalue weighted by atomic mass is 9.74. The molecule has 1 saturated heterocycles. The molecule has 0 aliphatic carbocycles. The number of anilines is 1. The molecule has 9 heteroatoms. The van der Waals surface area contributed by atoms with Crippen LogP contribution in [0.15, 0.2) is 18.2 Å². The van der Waals surface area contributed by atoms with Gasteiger partial charge in [-0.25, -0.2) is 4.79 Å². The predicted molar refractivity (Wildman–Crippen MR) is 92.7 cm³/mol. The van der Waals surface area contributed by atoms with E-state index in [9.17, 15) is 24.5 Å². The lowest BCUT2D eigenvalue weighted by Gasteiger charge is -2.47. The van der Waals surface area contributed by atoms with E-state index in [1.807, 2.05) is 6.92 Å². The average molecular weight is 360 g/mol. The second-order valence-corrected chi connectivity index (χ2v) is 6.79. The van der Waals surface area contributed by atoms with E-state index in [0.717, 1.165) is 15.5 Å². The Bertz CT molecular complexity index is 823. The molecule has 0 bridgehead atoms. The molecule has 1 fully saturated rings. The predicted octanol–water partition coefficient (Wildman–Crippen LogP) is 1.40. The van der Waals surface area contributed by atoms with Gasteiger partial charge in [-0.3, -0.25) is 29.5 Å². The Labute approximate surface area is 150 Å². The van der Waals surface area contributed by atoms with Crippen molar-refractivity contribution in [3.05, 3.63) is 33.9 Å². The average Bonchev–Trinajstić information content (AvgIpc) is 2.62. The van der Waals surface area contributed by atoms with Crippen LogP contribution in [0.3, 0.4) is 0 Å². The number of rotatable bonds is 3. The van der Waals surface area contributed by atoms with Crippen molar-refractivity contribution in [3.8, 4) is 0 Å². The van der Waals surface area contributed by atoms with E-state index in [4.69, 9.17) is 0 Å². The lowest BCUT2D eigenvalue weighted by molar-refractivity contribution is -0.384. The fourth-order valence-corrected chi connectivity index (χ4v) is 3.80. The normalized spacial score (nSPS) is 22.9. The number of carbonyl (C=O) groups excluding carboxylic acids is 3. The van der Waals surface area contributed by atoms with Gasteiger partial charge in [-0.05, 0) is 24.5 Å². The smallest absolute Gasteiger partial charge is 0.333 e. The summed E-state index contributed by atoms with van der Waals surface area (Å²) in [6.45, 7) is 2.19. The number of hydrogen-bond acceptors (Lipinski definition) is 6. The molecule has 1 aromatic carbocycles. The number of non-ortho nitro benzene ring substituents is 1. The number of nitro benzene ring substituents is 1. The van der Waals surface area contributed by atoms with E-state index >= 15 is 0 Å². The summed E-state index contributed by atoms with van der Waals surface area (Å²) in [7, 11) is 3.09. The third kappa shape index (κ3) is 2.42. The summed E-state index contributed by atoms with van der Waals surface area (Å²) < 4.78 is 0. The Kier molecular flexibility index (Phi) is 4.17. The molecule has 2 aliphatic rings. The Morgan fingerprint density at radius 3 is 2.50 bits per heavy atom. The number of hydrogen-bond donors (Lipinski definition) is 0. The van der Waals surface area contributed by atoms with Crippen LogP contribution < -0.4 is 4.90 Å². The molecule has 0 N–H and O–H groups in total. The van der Waals surface area contributed by atoms with Gasteiger partial charge in [-0.1, -0.05) is 6.92 Å². The number of carbonyl (C=O) groups is 3. The van der Waals surface area contributed by atoms with Crippen LogP contribution in [0.5, 0.6) is 0 Å². The highest BCUT2D eigenvalue weighted by Gasteiger charge is 2.58. The maximum atomic E-state index is 13.1. The highest BCUT2D eigenvalue weighted by molar-refractivity contribution is 6.19. The standard InChI is InChI=1S/C17H20N4O5/c1-4-7-20-15(23)17(14(22)19(3)16(20)24)9-11-8-12(21(25)26)5-6-13(11)18(2)10-17/h5-6,8H,4,7,9-10H2,1-3H3/t17-/m1/s1. The van der Waals surface area contributed by atoms with Crippen LogP contribution in [0.2, 0.25) is 0 Å². The first kappa shape index (κ1) is 17.8. The van der Waals surface area contributed by atoms with Gasteiger partial charge in [-0.15, -0.1) is 0 Å². The van der Waals surface area contributed by atoms with E-state index < -0.39 is 28.2 Å². The Morgan fingerprint density at radius 1 is 1.19 bits per heavy atom. The number of urea groups is 1. The maximum absolute atomic E-state index is 13.1. The zero-order chi connectivity index (χ0) is 19.2. The number of imide groups is 2. The highest BCUT2D eigenvalue weighted by Crippen LogP contribution is 2.42. The molecule has 2 heterocycles. The molecule has 0 saturated carbocycles. The fourth-order valence-electron chi connectivity index (χ4n) is 3.80. The SMILES string of the molecule is CCCN1C(=O)N(C)C(=O)[C@]2(Cc3cc([N+](=O)[O-])ccc3N(C)C2)C1=O. The van der Waals surface area contributed by atoms with E-state index in [-0.39, 0.29) is 25.2 Å². The molecular weight excluding hydrogens is 340 g/mol. The second-order valence-electron chi connectivity index (χ2n) is 6.79. The first-order valence-electron chi connectivity index (χ1n) is 8.35. The molecule has 26 heavy (non-hydrogen) atoms. The molecule has 9 nitrogen and oxygen atoms in total. The van der Waals surface area contributed by atoms with Gasteiger partial charge in [0.05, 0.1) is 4.92 Å². The number of fused-ring (bicyclic) bond motifs is 1. The van der Waals surface area contributed by atoms with Crippen LogP contribution >= 0.6 is 0 Å². The summed E-state index contributed by atoms with van der Waals surface area (Å²) in [4.78, 5) is 52.8. The van der Waals surface area contributed by atoms with Gasteiger partial charge in [0, 0.05) is 45.0 Å². The van der Waals surface area contributed by atoms with Gasteiger partial charge < -0.3 is 4.90 Å². The fraction of sp³-hybridized carbons (Fsp3) is 0.471. The van der Waals surface area contributed by atoms with Crippen molar-refractivity contribution in [3.63, 3.8) is 0 Å². The monoisotopic (exact) mass is 360 g/mol. The summed E-state index contributed by atoms with van der Waals surface area (Å²) in [5, 5.41) is 11.1. The molecule has 1 aromatic rings. The first-order chi connectivity index (χ1) is 12.2. The molecular formula is C17H20N4O5. The van der Waals surface area contributed by atoms with Crippen LogP contribution in [-0.4, -0.2) is 59.8 Å². The number of benzene rings is 1. The summed E-state index contributed by atoms with van der Waals surface area (Å²) in [5.74, 6) is -1.10. The van der Waals surface area contributed by atoms with E-state index in [0.29, 0.717) is 12.0 Å². The Balaban J connectivity index is 2.10. The zero-order valence-corrected chi connectivity index (χ0v) is 14.9. The van der Waals surface area contributed by atoms with Gasteiger partial charge >= 0.3 is 6.03 Å². The van der Waals surface area contributed by atoms with Crippen molar-refractivity contribution in [1.82, 2.24) is 9.80 Å². The van der Waals surface area contributed by atoms with Gasteiger partial charge in [0.1, 0.15) is 0 Å². The van der Waals surface area contributed by atoms with Gasteiger partial charge in [0.15, 0.2) is 5.41 Å². The van der Waals surface area contributed by atoms with Gasteiger partial charge in [-0.2, -0.15) is 0 Å². The molecule has 4 amide bonds. The summed E-state index contributed by atoms with van der Waals surface area (Å²) in [5.41, 5.74) is -0.258. The highest BCUT2D eigenvalue weighted by atomic mass is 16.6. The lowest BCUT2D eigenvalue weighted by Crippen LogP contribution is -2.68. The van der Waals surface area contributed by atoms with Crippen molar-refractivity contribution in [2.24, 2.45) is 5.41 Å². The third-order valence-electron chi connectivity index (χ3n) is 5.02. The molecule has 2 aliphatic heterocycles. The molecule has 3 rings (SSSR count). The van der Waals surface area contributed by atoms with Crippen molar-refractivity contribution >= 4 is 29.2 Å². The van der Waals surface area contributed by atoms with Crippen LogP contribution in [0.1, 0.15) is 18.9 Å². The topological polar surface area (TPSA) is 104 Å². The minimum atomic E-state index is -1.45. The Morgan fingerprint density at radius 2 is 1.88 bits per heavy atom. The van der Waals surface area contributed by atoms with Gasteiger partial charge in [0.2, 0.25) is 11.8 Å². The summed E-state index contributed by atoms with van der Waals surface area (Å²) in [6.07, 6.45) is 0.608. The van der Waals surface area contributed by atoms with Crippen molar-refractivity contribution < 1.29 is 19.3 Å². The number of barbiturate groups is 1.